The lowest BCUT2D eigenvalue weighted by molar-refractivity contribution is -0.116. The molecule has 0 fully saturated rings. The lowest BCUT2D eigenvalue weighted by atomic mass is 10.2. The van der Waals surface area contributed by atoms with Crippen molar-refractivity contribution in [3.63, 3.8) is 0 Å². The fraction of sp³-hybridized carbons (Fsp3) is 0.100. The maximum absolute atomic E-state index is 14.2. The molecule has 0 bridgehead atoms. The standard InChI is InChI=1S/C20H18FN3O4S/c1-2-11-22-29(27,28)15-8-6-14(7-9-15)23-19(26)13-24-12-10-18(25)16-4-3-5-17(21)20(16)24/h2-10,12,22H,1,11,13H2,(H,23,26). The van der Waals surface area contributed by atoms with Crippen LogP contribution in [0.5, 0.6) is 0 Å². The van der Waals surface area contributed by atoms with E-state index in [1.165, 1.54) is 65.4 Å². The third-order valence-electron chi connectivity index (χ3n) is 4.13. The molecular formula is C20H18FN3O4S. The van der Waals surface area contributed by atoms with Crippen molar-refractivity contribution in [1.82, 2.24) is 9.29 Å². The lowest BCUT2D eigenvalue weighted by Crippen LogP contribution is -2.23. The summed E-state index contributed by atoms with van der Waals surface area (Å²) in [6.45, 7) is 3.33. The summed E-state index contributed by atoms with van der Waals surface area (Å²) in [5.74, 6) is -1.06. The van der Waals surface area contributed by atoms with Gasteiger partial charge in [0.05, 0.1) is 10.4 Å². The first kappa shape index (κ1) is 20.4. The molecule has 29 heavy (non-hydrogen) atoms. The molecule has 1 amide bonds. The summed E-state index contributed by atoms with van der Waals surface area (Å²) in [6, 6.07) is 11.0. The summed E-state index contributed by atoms with van der Waals surface area (Å²) in [5, 5.41) is 2.80. The molecule has 7 nitrogen and oxygen atoms in total. The zero-order valence-electron chi connectivity index (χ0n) is 15.3. The molecule has 0 aliphatic carbocycles. The number of nitrogens with zero attached hydrogens (tertiary/aromatic N) is 1. The van der Waals surface area contributed by atoms with Crippen LogP contribution in [0, 0.1) is 5.82 Å². The van der Waals surface area contributed by atoms with Crippen LogP contribution in [0.4, 0.5) is 10.1 Å². The van der Waals surface area contributed by atoms with Crippen LogP contribution in [0.15, 0.2) is 77.1 Å². The molecule has 0 aliphatic heterocycles. The maximum Gasteiger partial charge on any atom is 0.244 e. The second kappa shape index (κ2) is 8.38. The Labute approximate surface area is 166 Å². The predicted octanol–water partition coefficient (Wildman–Crippen LogP) is 2.24. The molecule has 3 aromatic rings. The minimum absolute atomic E-state index is 0.0462. The number of sulfonamides is 1. The van der Waals surface area contributed by atoms with E-state index in [2.05, 4.69) is 16.6 Å². The van der Waals surface area contributed by atoms with Gasteiger partial charge < -0.3 is 9.88 Å². The molecule has 9 heteroatoms. The van der Waals surface area contributed by atoms with E-state index in [-0.39, 0.29) is 34.3 Å². The SMILES string of the molecule is C=CCNS(=O)(=O)c1ccc(NC(=O)Cn2ccc(=O)c3cccc(F)c32)cc1. The number of para-hydroxylation sites is 1. The summed E-state index contributed by atoms with van der Waals surface area (Å²) >= 11 is 0. The summed E-state index contributed by atoms with van der Waals surface area (Å²) in [6.07, 6.45) is 2.78. The Hall–Kier alpha value is -3.30. The van der Waals surface area contributed by atoms with Crippen molar-refractivity contribution in [1.29, 1.82) is 0 Å². The van der Waals surface area contributed by atoms with E-state index >= 15 is 0 Å². The molecule has 150 valence electrons. The van der Waals surface area contributed by atoms with Crippen LogP contribution < -0.4 is 15.5 Å². The van der Waals surface area contributed by atoms with E-state index in [1.54, 1.807) is 0 Å². The number of benzene rings is 2. The minimum atomic E-state index is -3.66. The van der Waals surface area contributed by atoms with E-state index in [4.69, 9.17) is 0 Å². The van der Waals surface area contributed by atoms with Crippen molar-refractivity contribution in [3.8, 4) is 0 Å². The molecule has 0 aliphatic rings. The van der Waals surface area contributed by atoms with Crippen molar-refractivity contribution in [2.24, 2.45) is 0 Å². The highest BCUT2D eigenvalue weighted by molar-refractivity contribution is 7.89. The number of carbonyl (C=O) groups is 1. The number of rotatable bonds is 7. The third kappa shape index (κ3) is 4.58. The van der Waals surface area contributed by atoms with Gasteiger partial charge in [-0.15, -0.1) is 6.58 Å². The van der Waals surface area contributed by atoms with Gasteiger partial charge in [0.15, 0.2) is 5.43 Å². The zero-order valence-corrected chi connectivity index (χ0v) is 16.1. The second-order valence-corrected chi connectivity index (χ2v) is 7.92. The number of amides is 1. The summed E-state index contributed by atoms with van der Waals surface area (Å²) < 4.78 is 42.0. The Morgan fingerprint density at radius 1 is 1.14 bits per heavy atom. The Kier molecular flexibility index (Phi) is 5.90. The van der Waals surface area contributed by atoms with E-state index < -0.39 is 21.7 Å². The fourth-order valence-electron chi connectivity index (χ4n) is 2.78. The first-order valence-corrected chi connectivity index (χ1v) is 10.1. The first-order chi connectivity index (χ1) is 13.8. The second-order valence-electron chi connectivity index (χ2n) is 6.16. The van der Waals surface area contributed by atoms with Gasteiger partial charge in [0.25, 0.3) is 0 Å². The Bertz CT molecular complexity index is 1230. The number of pyridine rings is 1. The number of hydrogen-bond donors (Lipinski definition) is 2. The number of hydrogen-bond acceptors (Lipinski definition) is 4. The Morgan fingerprint density at radius 3 is 2.55 bits per heavy atom. The molecule has 0 radical (unpaired) electrons. The van der Waals surface area contributed by atoms with E-state index in [0.29, 0.717) is 5.69 Å². The van der Waals surface area contributed by atoms with Gasteiger partial charge in [-0.25, -0.2) is 17.5 Å². The highest BCUT2D eigenvalue weighted by Crippen LogP contribution is 2.16. The molecule has 2 aromatic carbocycles. The van der Waals surface area contributed by atoms with Gasteiger partial charge in [-0.05, 0) is 36.4 Å². The van der Waals surface area contributed by atoms with Crippen LogP contribution in [0.2, 0.25) is 0 Å². The molecule has 1 aromatic heterocycles. The van der Waals surface area contributed by atoms with Crippen molar-refractivity contribution in [3.05, 3.63) is 83.4 Å². The smallest absolute Gasteiger partial charge is 0.244 e. The average molecular weight is 415 g/mol. The molecule has 0 atom stereocenters. The van der Waals surface area contributed by atoms with Crippen molar-refractivity contribution in [2.75, 3.05) is 11.9 Å². The van der Waals surface area contributed by atoms with E-state index in [9.17, 15) is 22.4 Å². The molecule has 1 heterocycles. The van der Waals surface area contributed by atoms with Gasteiger partial charge in [0, 0.05) is 29.9 Å². The van der Waals surface area contributed by atoms with Gasteiger partial charge in [0.2, 0.25) is 15.9 Å². The monoisotopic (exact) mass is 415 g/mol. The van der Waals surface area contributed by atoms with Gasteiger partial charge >= 0.3 is 0 Å². The Morgan fingerprint density at radius 2 is 1.86 bits per heavy atom. The molecule has 0 saturated heterocycles. The zero-order chi connectivity index (χ0) is 21.0. The van der Waals surface area contributed by atoms with Crippen LogP contribution in [-0.4, -0.2) is 25.4 Å². The van der Waals surface area contributed by atoms with Gasteiger partial charge in [-0.2, -0.15) is 0 Å². The van der Waals surface area contributed by atoms with Crippen molar-refractivity contribution >= 4 is 32.5 Å². The lowest BCUT2D eigenvalue weighted by Gasteiger charge is -2.12. The van der Waals surface area contributed by atoms with E-state index in [1.807, 2.05) is 0 Å². The predicted molar refractivity (Wildman–Crippen MR) is 109 cm³/mol. The topological polar surface area (TPSA) is 97.3 Å². The van der Waals surface area contributed by atoms with Crippen LogP contribution in [0.1, 0.15) is 0 Å². The van der Waals surface area contributed by atoms with Gasteiger partial charge in [-0.3, -0.25) is 9.59 Å². The molecule has 2 N–H and O–H groups in total. The number of nitrogens with one attached hydrogen (secondary N) is 2. The van der Waals surface area contributed by atoms with Crippen molar-refractivity contribution < 1.29 is 17.6 Å². The molecular weight excluding hydrogens is 397 g/mol. The summed E-state index contributed by atoms with van der Waals surface area (Å²) in [7, 11) is -3.66. The number of fused-ring (bicyclic) bond motifs is 1. The third-order valence-corrected chi connectivity index (χ3v) is 5.56. The molecule has 0 spiro atoms. The normalized spacial score (nSPS) is 11.3. The largest absolute Gasteiger partial charge is 0.335 e. The van der Waals surface area contributed by atoms with Crippen molar-refractivity contribution in [2.45, 2.75) is 11.4 Å². The summed E-state index contributed by atoms with van der Waals surface area (Å²) in [5.41, 5.74) is 0.0893. The van der Waals surface area contributed by atoms with Crippen LogP contribution in [0.3, 0.4) is 0 Å². The number of carbonyl (C=O) groups excluding carboxylic acids is 1. The number of anilines is 1. The Balaban J connectivity index is 1.77. The molecule has 3 rings (SSSR count). The van der Waals surface area contributed by atoms with Gasteiger partial charge in [-0.1, -0.05) is 12.1 Å². The van der Waals surface area contributed by atoms with E-state index in [0.717, 1.165) is 0 Å². The quantitative estimate of drug-likeness (QED) is 0.579. The average Bonchev–Trinajstić information content (AvgIpc) is 2.69. The molecule has 0 unspecified atom stereocenters. The van der Waals surface area contributed by atoms with Crippen LogP contribution in [0.25, 0.3) is 10.9 Å². The van der Waals surface area contributed by atoms with Crippen LogP contribution in [-0.2, 0) is 21.4 Å². The highest BCUT2D eigenvalue weighted by Gasteiger charge is 2.14. The summed E-state index contributed by atoms with van der Waals surface area (Å²) in [4.78, 5) is 24.3. The first-order valence-electron chi connectivity index (χ1n) is 8.60. The fourth-order valence-corrected chi connectivity index (χ4v) is 3.78. The maximum atomic E-state index is 14.2. The van der Waals surface area contributed by atoms with Crippen LogP contribution >= 0.6 is 0 Å². The molecule has 0 saturated carbocycles. The number of halogens is 1. The van der Waals surface area contributed by atoms with Gasteiger partial charge in [0.1, 0.15) is 12.4 Å². The highest BCUT2D eigenvalue weighted by atomic mass is 32.2. The number of aromatic nitrogens is 1. The minimum Gasteiger partial charge on any atom is -0.335 e.